The van der Waals surface area contributed by atoms with E-state index >= 15 is 0 Å². The number of carbonyl (C=O) groups is 14. The Labute approximate surface area is 527 Å². The molecule has 23 N–H and O–H groups in total. The van der Waals surface area contributed by atoms with Crippen molar-refractivity contribution >= 4 is 100 Å². The number of carbonyl (C=O) groups excluding carboxylic acids is 14. The van der Waals surface area contributed by atoms with Gasteiger partial charge in [-0.1, -0.05) is 0 Å². The van der Waals surface area contributed by atoms with E-state index in [1.807, 2.05) is 0 Å². The van der Waals surface area contributed by atoms with Crippen LogP contribution in [0.1, 0.15) is 96.5 Å². The van der Waals surface area contributed by atoms with Crippen LogP contribution in [0.2, 0.25) is 0 Å². The number of aliphatic imine (C=N–C) groups is 1. The number of hydrogen-bond acceptors (Lipinski definition) is 23. The summed E-state index contributed by atoms with van der Waals surface area (Å²) in [5, 5.41) is 69.9. The molecule has 14 amide bonds. The second-order valence-electron chi connectivity index (χ2n) is 22.3. The Hall–Kier alpha value is -9.75. The molecule has 37 heteroatoms. The minimum absolute atomic E-state index is 0.00229. The number of piperidine rings is 1. The first-order valence-corrected chi connectivity index (χ1v) is 29.7. The summed E-state index contributed by atoms with van der Waals surface area (Å²) in [6.07, 6.45) is 0.307. The monoisotopic (exact) mass is 1300 g/mol. The first-order valence-electron chi connectivity index (χ1n) is 29.7. The van der Waals surface area contributed by atoms with Crippen molar-refractivity contribution in [2.75, 3.05) is 57.8 Å². The van der Waals surface area contributed by atoms with Gasteiger partial charge >= 0.3 is 0 Å². The number of hydrogen-bond donors (Lipinski definition) is 19. The molecule has 5 rings (SSSR count). The van der Waals surface area contributed by atoms with Crippen LogP contribution in [-0.4, -0.2) is 232 Å². The Kier molecular flexibility index (Phi) is 27.3. The van der Waals surface area contributed by atoms with E-state index in [1.54, 1.807) is 11.9 Å². The van der Waals surface area contributed by atoms with Gasteiger partial charge in [0.1, 0.15) is 60.3 Å². The molecular weight excluding hydrogens is 1210 g/mol. The predicted molar refractivity (Wildman–Crippen MR) is 321 cm³/mol. The standard InChI is InChI=1S/C55H83N19O18/c1-26(49(85)70-32-8-6-18-72(3)55(32)91)64-52(88)34(25-75)71-51(87)31-13-16-60-46(67-31)29(9-10-40(57)78)68-54(90)37(22-42(59)80)74(92)45(83)24-62-44(82)23-63-50(86)30(7-4-5-15-56)69-48(84)27(2)65-53(89)35-14-17-61-47-33(66-43(81)12-11-41(58)79)19-28-20-38(76)39(77)21-36(28)73(35)47/h19-21,26-27,29-32,34-35,37,47,61,75-77,92H,4-18,22-25,56H2,1-3H3,(H2,57,78)(H2,58,79)(H2,59,80)(H,60,67)(H,62,82)(H,63,86)(H,64,88)(H,65,89)(H,66,81)(H,68,90)(H,69,84)(H,70,85)(H,71,87)/t26-,27-,29-,30-,31?,32+,34+,35+,37+,47?/m1/s1. The number of nitrogens with two attached hydrogens (primary N) is 4. The SMILES string of the molecule is C[C@@H](NC(=O)[C@H](CO)NC(=O)C1CCN=C([C@@H](CCC(N)=O)NC(=O)[C@H](CC(N)=O)N(O)C(=O)CNC(=O)CNC(=O)[C@@H](CCCCN)NC(=O)[C@@H](C)NC(=O)[C@@H]2CCNC3C(NC(=O)CCC(N)=O)=Cc4cc(O)c(O)cc4N32)N1)C(=O)N[C@H]1CCCN(C)C1=O. The van der Waals surface area contributed by atoms with E-state index in [9.17, 15) is 87.7 Å². The number of fused-ring (bicyclic) bond motifs is 3. The van der Waals surface area contributed by atoms with E-state index in [-0.39, 0.29) is 86.3 Å². The zero-order chi connectivity index (χ0) is 68.1. The fourth-order valence-electron chi connectivity index (χ4n) is 10.2. The molecule has 2 unspecified atom stereocenters. The van der Waals surface area contributed by atoms with Crippen LogP contribution in [0, 0.1) is 0 Å². The number of anilines is 1. The number of rotatable bonds is 33. The van der Waals surface area contributed by atoms with Crippen molar-refractivity contribution in [2.45, 2.75) is 151 Å². The molecule has 2 fully saturated rings. The minimum atomic E-state index is -2.09. The summed E-state index contributed by atoms with van der Waals surface area (Å²) in [6, 6.07) is -9.44. The molecule has 0 spiro atoms. The number of hydroxylamine groups is 2. The molecule has 92 heavy (non-hydrogen) atoms. The van der Waals surface area contributed by atoms with E-state index in [2.05, 4.69) is 63.5 Å². The zero-order valence-electron chi connectivity index (χ0n) is 51.0. The number of benzene rings is 1. The van der Waals surface area contributed by atoms with Gasteiger partial charge in [-0.15, -0.1) is 0 Å². The van der Waals surface area contributed by atoms with Gasteiger partial charge in [0.25, 0.3) is 5.91 Å². The second kappa shape index (κ2) is 34.4. The number of unbranched alkanes of at least 4 members (excludes halogenated alkanes) is 1. The van der Waals surface area contributed by atoms with Gasteiger partial charge in [-0.25, -0.2) is 5.06 Å². The average molecular weight is 1300 g/mol. The van der Waals surface area contributed by atoms with Gasteiger partial charge in [-0.3, -0.25) is 82.6 Å². The fourth-order valence-corrected chi connectivity index (χ4v) is 10.2. The van der Waals surface area contributed by atoms with E-state index in [0.717, 1.165) is 0 Å². The van der Waals surface area contributed by atoms with Crippen LogP contribution in [0.5, 0.6) is 11.5 Å². The molecular formula is C55H83N19O18. The van der Waals surface area contributed by atoms with Gasteiger partial charge in [0.2, 0.25) is 76.8 Å². The third-order valence-electron chi connectivity index (χ3n) is 15.2. The van der Waals surface area contributed by atoms with Crippen LogP contribution in [0.4, 0.5) is 5.69 Å². The summed E-state index contributed by atoms with van der Waals surface area (Å²) in [7, 11) is 1.59. The molecule has 0 radical (unpaired) electrons. The molecule has 1 aromatic rings. The molecule has 0 aromatic heterocycles. The topological polar surface area (TPSA) is 578 Å². The van der Waals surface area contributed by atoms with Gasteiger partial charge in [0.05, 0.1) is 43.5 Å². The molecule has 37 nitrogen and oxygen atoms in total. The van der Waals surface area contributed by atoms with Crippen LogP contribution in [0.3, 0.4) is 0 Å². The number of likely N-dealkylation sites (N-methyl/N-ethyl adjacent to an activating group) is 1. The van der Waals surface area contributed by atoms with Gasteiger partial charge < -0.3 is 101 Å². The molecule has 1 aromatic carbocycles. The van der Waals surface area contributed by atoms with E-state index < -0.39 is 181 Å². The maximum Gasteiger partial charge on any atom is 0.266 e. The molecule has 0 aliphatic carbocycles. The molecule has 4 aliphatic heterocycles. The van der Waals surface area contributed by atoms with Crippen molar-refractivity contribution in [1.29, 1.82) is 0 Å². The first kappa shape index (κ1) is 73.0. The molecule has 0 bridgehead atoms. The lowest BCUT2D eigenvalue weighted by atomic mass is 9.96. The summed E-state index contributed by atoms with van der Waals surface area (Å²) >= 11 is 0. The Bertz CT molecular complexity index is 3040. The molecule has 4 heterocycles. The van der Waals surface area contributed by atoms with Gasteiger partial charge in [-0.2, -0.15) is 0 Å². The maximum atomic E-state index is 14.1. The third-order valence-corrected chi connectivity index (χ3v) is 15.2. The van der Waals surface area contributed by atoms with E-state index in [4.69, 9.17) is 22.9 Å². The molecule has 0 saturated carbocycles. The van der Waals surface area contributed by atoms with Crippen molar-refractivity contribution in [2.24, 2.45) is 27.9 Å². The summed E-state index contributed by atoms with van der Waals surface area (Å²) in [6.45, 7) is 0.781. The molecule has 4 aliphatic rings. The van der Waals surface area contributed by atoms with E-state index in [1.165, 1.54) is 37.0 Å². The second-order valence-corrected chi connectivity index (χ2v) is 22.3. The van der Waals surface area contributed by atoms with Gasteiger partial charge in [0.15, 0.2) is 11.5 Å². The number of phenolic OH excluding ortho intramolecular Hbond substituents is 2. The average Bonchev–Trinajstić information content (AvgIpc) is 0.753. The number of primary amides is 3. The van der Waals surface area contributed by atoms with Crippen molar-refractivity contribution < 1.29 is 87.7 Å². The number of phenols is 2. The molecule has 10 atom stereocenters. The highest BCUT2D eigenvalue weighted by molar-refractivity contribution is 6.01. The van der Waals surface area contributed by atoms with Crippen LogP contribution in [0.25, 0.3) is 6.08 Å². The van der Waals surface area contributed by atoms with Crippen molar-refractivity contribution in [3.05, 3.63) is 23.4 Å². The highest BCUT2D eigenvalue weighted by Gasteiger charge is 2.42. The quantitative estimate of drug-likeness (QED) is 0.0134. The third kappa shape index (κ3) is 20.9. The van der Waals surface area contributed by atoms with Crippen molar-refractivity contribution in [3.8, 4) is 11.5 Å². The number of aliphatic hydroxyl groups is 1. The zero-order valence-corrected chi connectivity index (χ0v) is 51.0. The first-order chi connectivity index (χ1) is 43.5. The van der Waals surface area contributed by atoms with Crippen molar-refractivity contribution in [1.82, 2.24) is 68.4 Å². The largest absolute Gasteiger partial charge is 0.504 e. The highest BCUT2D eigenvalue weighted by Crippen LogP contribution is 2.41. The normalized spacial score (nSPS) is 19.4. The summed E-state index contributed by atoms with van der Waals surface area (Å²) in [4.78, 5) is 189. The number of aromatic hydroxyl groups is 2. The number of likely N-dealkylation sites (tertiary alicyclic amines) is 1. The summed E-state index contributed by atoms with van der Waals surface area (Å²) < 4.78 is 0. The lowest BCUT2D eigenvalue weighted by molar-refractivity contribution is -0.180. The van der Waals surface area contributed by atoms with Crippen LogP contribution >= 0.6 is 0 Å². The maximum absolute atomic E-state index is 14.1. The summed E-state index contributed by atoms with van der Waals surface area (Å²) in [5.74, 6) is -13.3. The smallest absolute Gasteiger partial charge is 0.266 e. The molecule has 506 valence electrons. The van der Waals surface area contributed by atoms with Crippen LogP contribution < -0.4 is 86.3 Å². The lowest BCUT2D eigenvalue weighted by Gasteiger charge is -2.47. The Morgan fingerprint density at radius 2 is 1.43 bits per heavy atom. The Morgan fingerprint density at radius 3 is 2.11 bits per heavy atom. The highest BCUT2D eigenvalue weighted by atomic mass is 16.5. The number of amidine groups is 1. The van der Waals surface area contributed by atoms with Crippen LogP contribution in [0.15, 0.2) is 22.8 Å². The number of nitrogens with one attached hydrogen (secondary N) is 11. The van der Waals surface area contributed by atoms with Crippen LogP contribution in [-0.2, 0) is 67.1 Å². The number of nitrogens with zero attached hydrogens (tertiary/aromatic N) is 4. The minimum Gasteiger partial charge on any atom is -0.504 e. The summed E-state index contributed by atoms with van der Waals surface area (Å²) in [5.41, 5.74) is 22.5. The lowest BCUT2D eigenvalue weighted by Crippen LogP contribution is -2.65. The fraction of sp³-hybridized carbons (Fsp3) is 0.582. The Balaban J connectivity index is 1.16. The molecule has 2 saturated heterocycles. The van der Waals surface area contributed by atoms with Gasteiger partial charge in [0, 0.05) is 51.0 Å². The Morgan fingerprint density at radius 1 is 0.739 bits per heavy atom. The van der Waals surface area contributed by atoms with Gasteiger partial charge in [-0.05, 0) is 90.4 Å². The number of aliphatic hydroxyl groups excluding tert-OH is 1. The van der Waals surface area contributed by atoms with Crippen molar-refractivity contribution in [3.63, 3.8) is 0 Å². The predicted octanol–water partition coefficient (Wildman–Crippen LogP) is -8.63. The number of amides is 14. The van der Waals surface area contributed by atoms with E-state index in [0.29, 0.717) is 37.8 Å².